The molecule has 1 heterocycles. The quantitative estimate of drug-likeness (QED) is 0.702. The number of rotatable bonds is 3. The van der Waals surface area contributed by atoms with E-state index in [1.54, 1.807) is 11.8 Å². The molecule has 0 saturated carbocycles. The van der Waals surface area contributed by atoms with Crippen LogP contribution >= 0.6 is 0 Å². The van der Waals surface area contributed by atoms with Crippen LogP contribution in [0.1, 0.15) is 27.2 Å². The Morgan fingerprint density at radius 3 is 2.62 bits per heavy atom. The number of nitrogens with one attached hydrogen (secondary N) is 1. The summed E-state index contributed by atoms with van der Waals surface area (Å²) in [6, 6.07) is -0.836. The Hall–Kier alpha value is -1.50. The average Bonchev–Trinajstić information content (AvgIpc) is 2.23. The summed E-state index contributed by atoms with van der Waals surface area (Å²) >= 11 is 0. The highest BCUT2D eigenvalue weighted by molar-refractivity contribution is 5.96. The minimum absolute atomic E-state index is 0.0302. The maximum Gasteiger partial charge on any atom is 0.246 e. The molecule has 0 aromatic heterocycles. The minimum Gasteiger partial charge on any atom is -0.342 e. The summed E-state index contributed by atoms with van der Waals surface area (Å²) in [5.41, 5.74) is 0. The predicted molar refractivity (Wildman–Crippen MR) is 61.4 cm³/mol. The molecule has 88 valence electrons. The highest BCUT2D eigenvalue weighted by Gasteiger charge is 2.38. The fourth-order valence-electron chi connectivity index (χ4n) is 1.79. The van der Waals surface area contributed by atoms with Gasteiger partial charge in [-0.25, -0.2) is 0 Å². The Morgan fingerprint density at radius 1 is 1.50 bits per heavy atom. The van der Waals surface area contributed by atoms with Crippen molar-refractivity contribution in [1.82, 2.24) is 10.2 Å². The van der Waals surface area contributed by atoms with Crippen molar-refractivity contribution < 1.29 is 9.59 Å². The van der Waals surface area contributed by atoms with Crippen LogP contribution in [-0.4, -0.2) is 35.3 Å². The normalized spacial score (nSPS) is 25.6. The molecule has 0 bridgehead atoms. The molecule has 2 unspecified atom stereocenters. The van der Waals surface area contributed by atoms with E-state index in [9.17, 15) is 9.59 Å². The Bertz CT molecular complexity index is 330. The zero-order valence-electron chi connectivity index (χ0n) is 9.99. The SMILES string of the molecule is C#CCCN1C(=O)C(C(C)C)NC(=O)C1C. The smallest absolute Gasteiger partial charge is 0.246 e. The third-order valence-electron chi connectivity index (χ3n) is 2.86. The molecule has 4 heteroatoms. The zero-order chi connectivity index (χ0) is 12.3. The van der Waals surface area contributed by atoms with Crippen molar-refractivity contribution in [2.75, 3.05) is 6.54 Å². The summed E-state index contributed by atoms with van der Waals surface area (Å²) < 4.78 is 0. The first kappa shape index (κ1) is 12.6. The largest absolute Gasteiger partial charge is 0.342 e. The lowest BCUT2D eigenvalue weighted by Gasteiger charge is -2.38. The van der Waals surface area contributed by atoms with Crippen molar-refractivity contribution in [3.63, 3.8) is 0 Å². The van der Waals surface area contributed by atoms with Crippen LogP contribution in [0.25, 0.3) is 0 Å². The number of hydrogen-bond acceptors (Lipinski definition) is 2. The number of carbonyl (C=O) groups is 2. The lowest BCUT2D eigenvalue weighted by molar-refractivity contribution is -0.149. The first-order valence-corrected chi connectivity index (χ1v) is 5.53. The van der Waals surface area contributed by atoms with Crippen molar-refractivity contribution >= 4 is 11.8 Å². The summed E-state index contributed by atoms with van der Waals surface area (Å²) in [7, 11) is 0. The van der Waals surface area contributed by atoms with Crippen LogP contribution in [0.4, 0.5) is 0 Å². The first-order chi connectivity index (χ1) is 7.49. The van der Waals surface area contributed by atoms with Crippen molar-refractivity contribution in [3.8, 4) is 12.3 Å². The third kappa shape index (κ3) is 2.35. The maximum absolute atomic E-state index is 12.1. The van der Waals surface area contributed by atoms with Crippen LogP contribution in [0.15, 0.2) is 0 Å². The molecule has 0 spiro atoms. The number of nitrogens with zero attached hydrogens (tertiary/aromatic N) is 1. The van der Waals surface area contributed by atoms with E-state index in [0.29, 0.717) is 13.0 Å². The van der Waals surface area contributed by atoms with E-state index in [0.717, 1.165) is 0 Å². The fraction of sp³-hybridized carbons (Fsp3) is 0.667. The maximum atomic E-state index is 12.1. The van der Waals surface area contributed by atoms with Gasteiger partial charge in [0.05, 0.1) is 0 Å². The molecule has 2 atom stereocenters. The summed E-state index contributed by atoms with van der Waals surface area (Å²) in [6.07, 6.45) is 5.66. The zero-order valence-corrected chi connectivity index (χ0v) is 9.99. The molecule has 1 aliphatic heterocycles. The second-order valence-electron chi connectivity index (χ2n) is 4.39. The monoisotopic (exact) mass is 222 g/mol. The third-order valence-corrected chi connectivity index (χ3v) is 2.86. The number of hydrogen-bond donors (Lipinski definition) is 1. The van der Waals surface area contributed by atoms with Gasteiger partial charge in [-0.15, -0.1) is 12.3 Å². The van der Waals surface area contributed by atoms with Gasteiger partial charge in [-0.2, -0.15) is 0 Å². The predicted octanol–water partition coefficient (Wildman–Crippen LogP) is 0.381. The van der Waals surface area contributed by atoms with Gasteiger partial charge in [-0.3, -0.25) is 9.59 Å². The standard InChI is InChI=1S/C12H18N2O2/c1-5-6-7-14-9(4)11(15)13-10(8(2)3)12(14)16/h1,8-10H,6-7H2,2-4H3,(H,13,15). The molecular weight excluding hydrogens is 204 g/mol. The molecule has 4 nitrogen and oxygen atoms in total. The number of amides is 2. The van der Waals surface area contributed by atoms with E-state index in [-0.39, 0.29) is 17.7 Å². The molecule has 16 heavy (non-hydrogen) atoms. The second kappa shape index (κ2) is 5.02. The van der Waals surface area contributed by atoms with Crippen molar-refractivity contribution in [2.24, 2.45) is 5.92 Å². The molecular formula is C12H18N2O2. The number of carbonyl (C=O) groups excluding carboxylic acids is 2. The van der Waals surface area contributed by atoms with Gasteiger partial charge in [-0.1, -0.05) is 13.8 Å². The topological polar surface area (TPSA) is 49.4 Å². The van der Waals surface area contributed by atoms with Gasteiger partial charge in [0.1, 0.15) is 12.1 Å². The van der Waals surface area contributed by atoms with E-state index in [1.807, 2.05) is 13.8 Å². The van der Waals surface area contributed by atoms with E-state index in [2.05, 4.69) is 11.2 Å². The van der Waals surface area contributed by atoms with Crippen LogP contribution in [0.3, 0.4) is 0 Å². The molecule has 0 radical (unpaired) electrons. The lowest BCUT2D eigenvalue weighted by atomic mass is 9.98. The Balaban J connectivity index is 2.83. The van der Waals surface area contributed by atoms with Gasteiger partial charge in [-0.05, 0) is 12.8 Å². The number of piperazine rings is 1. The van der Waals surface area contributed by atoms with E-state index < -0.39 is 12.1 Å². The molecule has 0 aromatic carbocycles. The van der Waals surface area contributed by atoms with Gasteiger partial charge in [0.2, 0.25) is 11.8 Å². The van der Waals surface area contributed by atoms with Crippen molar-refractivity contribution in [3.05, 3.63) is 0 Å². The molecule has 2 amide bonds. The average molecular weight is 222 g/mol. The summed E-state index contributed by atoms with van der Waals surface area (Å²) in [6.45, 7) is 6.00. The van der Waals surface area contributed by atoms with Crippen molar-refractivity contribution in [1.29, 1.82) is 0 Å². The van der Waals surface area contributed by atoms with Crippen LogP contribution in [0, 0.1) is 18.3 Å². The van der Waals surface area contributed by atoms with E-state index >= 15 is 0 Å². The van der Waals surface area contributed by atoms with Crippen LogP contribution in [0.5, 0.6) is 0 Å². The van der Waals surface area contributed by atoms with Crippen LogP contribution < -0.4 is 5.32 Å². The first-order valence-electron chi connectivity index (χ1n) is 5.53. The Kier molecular flexibility index (Phi) is 3.94. The van der Waals surface area contributed by atoms with Gasteiger partial charge in [0.15, 0.2) is 0 Å². The fourth-order valence-corrected chi connectivity index (χ4v) is 1.79. The van der Waals surface area contributed by atoms with Gasteiger partial charge >= 0.3 is 0 Å². The van der Waals surface area contributed by atoms with Gasteiger partial charge < -0.3 is 10.2 Å². The number of terminal acetylenes is 1. The molecule has 1 rings (SSSR count). The molecule has 0 aliphatic carbocycles. The van der Waals surface area contributed by atoms with Crippen LogP contribution in [-0.2, 0) is 9.59 Å². The highest BCUT2D eigenvalue weighted by Crippen LogP contribution is 2.15. The Labute approximate surface area is 96.4 Å². The van der Waals surface area contributed by atoms with Crippen LogP contribution in [0.2, 0.25) is 0 Å². The summed E-state index contributed by atoms with van der Waals surface area (Å²) in [4.78, 5) is 25.3. The Morgan fingerprint density at radius 2 is 2.12 bits per heavy atom. The molecule has 1 fully saturated rings. The molecule has 0 aromatic rings. The molecule has 1 saturated heterocycles. The van der Waals surface area contributed by atoms with Crippen molar-refractivity contribution in [2.45, 2.75) is 39.3 Å². The lowest BCUT2D eigenvalue weighted by Crippen LogP contribution is -2.63. The van der Waals surface area contributed by atoms with E-state index in [4.69, 9.17) is 6.42 Å². The summed E-state index contributed by atoms with van der Waals surface area (Å²) in [5.74, 6) is 2.45. The highest BCUT2D eigenvalue weighted by atomic mass is 16.2. The van der Waals surface area contributed by atoms with Gasteiger partial charge in [0, 0.05) is 13.0 Å². The van der Waals surface area contributed by atoms with Gasteiger partial charge in [0.25, 0.3) is 0 Å². The second-order valence-corrected chi connectivity index (χ2v) is 4.39. The minimum atomic E-state index is -0.421. The van der Waals surface area contributed by atoms with E-state index in [1.165, 1.54) is 0 Å². The molecule has 1 aliphatic rings. The summed E-state index contributed by atoms with van der Waals surface area (Å²) in [5, 5.41) is 2.74. The molecule has 1 N–H and O–H groups in total.